The molecule has 7 nitrogen and oxygen atoms in total. The molecule has 0 amide bonds. The van der Waals surface area contributed by atoms with E-state index in [0.29, 0.717) is 12.0 Å². The van der Waals surface area contributed by atoms with Crippen LogP contribution in [0.2, 0.25) is 0 Å². The number of likely N-dealkylation sites (N-methyl/N-ethyl adjacent to an activating group) is 1. The molecule has 7 heteroatoms. The van der Waals surface area contributed by atoms with Gasteiger partial charge in [0.15, 0.2) is 0 Å². The number of anilines is 2. The highest BCUT2D eigenvalue weighted by Crippen LogP contribution is 2.29. The first-order chi connectivity index (χ1) is 14.5. The van der Waals surface area contributed by atoms with Gasteiger partial charge in [-0.3, -0.25) is 4.98 Å². The molecule has 0 bridgehead atoms. The lowest BCUT2D eigenvalue weighted by atomic mass is 9.93. The van der Waals surface area contributed by atoms with E-state index in [0.717, 1.165) is 75.1 Å². The molecule has 0 radical (unpaired) electrons. The second-order valence-electron chi connectivity index (χ2n) is 8.49. The van der Waals surface area contributed by atoms with Gasteiger partial charge in [0.1, 0.15) is 5.82 Å². The predicted molar refractivity (Wildman–Crippen MR) is 123 cm³/mol. The summed E-state index contributed by atoms with van der Waals surface area (Å²) in [5.74, 6) is 1.46. The van der Waals surface area contributed by atoms with Gasteiger partial charge in [-0.05, 0) is 64.3 Å². The Morgan fingerprint density at radius 1 is 1.10 bits per heavy atom. The average Bonchev–Trinajstić information content (AvgIpc) is 2.75. The number of aliphatic hydroxyl groups excluding tert-OH is 1. The van der Waals surface area contributed by atoms with Crippen LogP contribution in [0.1, 0.15) is 51.0 Å². The van der Waals surface area contributed by atoms with E-state index < -0.39 is 0 Å². The highest BCUT2D eigenvalue weighted by Gasteiger charge is 2.21. The number of nitrogens with one attached hydrogen (secondary N) is 2. The number of pyridine rings is 1. The van der Waals surface area contributed by atoms with Crippen molar-refractivity contribution in [2.75, 3.05) is 37.8 Å². The lowest BCUT2D eigenvalue weighted by molar-refractivity contribution is 0.126. The molecule has 0 atom stereocenters. The molecule has 0 saturated heterocycles. The van der Waals surface area contributed by atoms with E-state index in [1.165, 1.54) is 5.56 Å². The quantitative estimate of drug-likeness (QED) is 0.514. The van der Waals surface area contributed by atoms with Crippen LogP contribution in [-0.2, 0) is 6.42 Å². The largest absolute Gasteiger partial charge is 0.393 e. The van der Waals surface area contributed by atoms with Gasteiger partial charge in [0, 0.05) is 31.5 Å². The number of nitrogens with zero attached hydrogens (tertiary/aromatic N) is 4. The third-order valence-corrected chi connectivity index (χ3v) is 5.59. The molecular formula is C23H36N6O. The molecule has 30 heavy (non-hydrogen) atoms. The number of rotatable bonds is 10. The molecule has 0 unspecified atom stereocenters. The van der Waals surface area contributed by atoms with E-state index in [9.17, 15) is 5.11 Å². The van der Waals surface area contributed by atoms with Gasteiger partial charge in [-0.15, -0.1) is 0 Å². The summed E-state index contributed by atoms with van der Waals surface area (Å²) < 4.78 is 0. The van der Waals surface area contributed by atoms with E-state index in [1.54, 1.807) is 0 Å². The van der Waals surface area contributed by atoms with Crippen molar-refractivity contribution in [1.82, 2.24) is 19.9 Å². The number of aromatic nitrogens is 3. The van der Waals surface area contributed by atoms with Crippen molar-refractivity contribution >= 4 is 11.8 Å². The minimum absolute atomic E-state index is 0.171. The Balaban J connectivity index is 1.79. The number of hydrogen-bond donors (Lipinski definition) is 3. The van der Waals surface area contributed by atoms with Gasteiger partial charge in [-0.25, -0.2) is 4.98 Å². The molecule has 3 rings (SSSR count). The first-order valence-corrected chi connectivity index (χ1v) is 11.2. The van der Waals surface area contributed by atoms with Crippen molar-refractivity contribution in [3.05, 3.63) is 30.1 Å². The Morgan fingerprint density at radius 2 is 1.90 bits per heavy atom. The monoisotopic (exact) mass is 412 g/mol. The predicted octanol–water partition coefficient (Wildman–Crippen LogP) is 3.57. The van der Waals surface area contributed by atoms with E-state index in [1.807, 2.05) is 12.4 Å². The molecule has 0 aliphatic heterocycles. The van der Waals surface area contributed by atoms with Crippen LogP contribution in [0.25, 0.3) is 11.3 Å². The van der Waals surface area contributed by atoms with Crippen molar-refractivity contribution in [3.8, 4) is 11.3 Å². The van der Waals surface area contributed by atoms with Crippen molar-refractivity contribution in [1.29, 1.82) is 0 Å². The fraction of sp³-hybridized carbons (Fsp3) is 0.609. The summed E-state index contributed by atoms with van der Waals surface area (Å²) in [4.78, 5) is 16.2. The highest BCUT2D eigenvalue weighted by molar-refractivity contribution is 5.72. The maximum absolute atomic E-state index is 9.82. The van der Waals surface area contributed by atoms with E-state index >= 15 is 0 Å². The fourth-order valence-electron chi connectivity index (χ4n) is 3.64. The number of unbranched alkanes of at least 4 members (excludes halogenated alkanes) is 1. The summed E-state index contributed by atoms with van der Waals surface area (Å²) in [6.45, 7) is 4.04. The molecule has 1 aliphatic carbocycles. The Bertz CT molecular complexity index is 772. The van der Waals surface area contributed by atoms with Gasteiger partial charge < -0.3 is 20.6 Å². The minimum Gasteiger partial charge on any atom is -0.393 e. The molecule has 0 aromatic carbocycles. The van der Waals surface area contributed by atoms with Gasteiger partial charge >= 0.3 is 0 Å². The molecular weight excluding hydrogens is 376 g/mol. The van der Waals surface area contributed by atoms with Gasteiger partial charge in [0.05, 0.1) is 17.4 Å². The zero-order valence-corrected chi connectivity index (χ0v) is 18.6. The summed E-state index contributed by atoms with van der Waals surface area (Å²) in [6, 6.07) is 4.51. The van der Waals surface area contributed by atoms with Crippen molar-refractivity contribution in [2.24, 2.45) is 0 Å². The molecule has 1 saturated carbocycles. The highest BCUT2D eigenvalue weighted by atomic mass is 16.3. The SMILES string of the molecule is CCCCNc1ncc(-c2ccc(CCN(C)C)cn2)c(NC2CCC(O)CC2)n1. The molecule has 2 aromatic rings. The standard InChI is InChI=1S/C23H36N6O/c1-4-5-13-24-23-26-16-20(21-11-6-17(15-25-21)12-14-29(2)3)22(28-23)27-18-7-9-19(30)10-8-18/h6,11,15-16,18-19,30H,4-5,7-10,12-14H2,1-3H3,(H2,24,26,27,28). The lowest BCUT2D eigenvalue weighted by Gasteiger charge is -2.27. The first kappa shape index (κ1) is 22.4. The zero-order valence-electron chi connectivity index (χ0n) is 18.6. The topological polar surface area (TPSA) is 86.2 Å². The van der Waals surface area contributed by atoms with E-state index in [4.69, 9.17) is 9.97 Å². The summed E-state index contributed by atoms with van der Waals surface area (Å²) in [5, 5.41) is 16.7. The van der Waals surface area contributed by atoms with Crippen LogP contribution in [0.4, 0.5) is 11.8 Å². The Morgan fingerprint density at radius 3 is 2.57 bits per heavy atom. The summed E-state index contributed by atoms with van der Waals surface area (Å²) >= 11 is 0. The van der Waals surface area contributed by atoms with Crippen LogP contribution >= 0.6 is 0 Å². The maximum Gasteiger partial charge on any atom is 0.224 e. The molecule has 1 fully saturated rings. The summed E-state index contributed by atoms with van der Waals surface area (Å²) in [7, 11) is 4.16. The van der Waals surface area contributed by atoms with Crippen LogP contribution in [-0.4, -0.2) is 64.3 Å². The van der Waals surface area contributed by atoms with Gasteiger partial charge in [0.25, 0.3) is 0 Å². The number of aliphatic hydroxyl groups is 1. The molecule has 164 valence electrons. The zero-order chi connectivity index (χ0) is 21.3. The molecule has 3 N–H and O–H groups in total. The third kappa shape index (κ3) is 6.64. The van der Waals surface area contributed by atoms with Crippen molar-refractivity contribution in [2.45, 2.75) is 64.0 Å². The van der Waals surface area contributed by atoms with Gasteiger partial charge in [-0.2, -0.15) is 4.98 Å². The van der Waals surface area contributed by atoms with Crippen LogP contribution < -0.4 is 10.6 Å². The third-order valence-electron chi connectivity index (χ3n) is 5.59. The van der Waals surface area contributed by atoms with Gasteiger partial charge in [0.2, 0.25) is 5.95 Å². The molecule has 0 spiro atoms. The molecule has 1 aliphatic rings. The lowest BCUT2D eigenvalue weighted by Crippen LogP contribution is -2.29. The Hall–Kier alpha value is -2.25. The Kier molecular flexibility index (Phi) is 8.39. The second-order valence-corrected chi connectivity index (χ2v) is 8.49. The van der Waals surface area contributed by atoms with Crippen LogP contribution in [0, 0.1) is 0 Å². The summed E-state index contributed by atoms with van der Waals surface area (Å²) in [5.41, 5.74) is 3.02. The summed E-state index contributed by atoms with van der Waals surface area (Å²) in [6.07, 6.45) is 10.4. The van der Waals surface area contributed by atoms with Crippen molar-refractivity contribution < 1.29 is 5.11 Å². The fourth-order valence-corrected chi connectivity index (χ4v) is 3.64. The Labute approximate surface area is 180 Å². The molecule has 2 aromatic heterocycles. The number of hydrogen-bond acceptors (Lipinski definition) is 7. The van der Waals surface area contributed by atoms with Gasteiger partial charge in [-0.1, -0.05) is 19.4 Å². The van der Waals surface area contributed by atoms with Crippen LogP contribution in [0.3, 0.4) is 0 Å². The van der Waals surface area contributed by atoms with E-state index in [-0.39, 0.29) is 6.10 Å². The van der Waals surface area contributed by atoms with Crippen LogP contribution in [0.5, 0.6) is 0 Å². The first-order valence-electron chi connectivity index (χ1n) is 11.2. The van der Waals surface area contributed by atoms with Crippen LogP contribution in [0.15, 0.2) is 24.5 Å². The minimum atomic E-state index is -0.171. The molecule has 2 heterocycles. The smallest absolute Gasteiger partial charge is 0.224 e. The normalized spacial score (nSPS) is 19.1. The average molecular weight is 413 g/mol. The maximum atomic E-state index is 9.82. The van der Waals surface area contributed by atoms with E-state index in [2.05, 4.69) is 53.7 Å². The van der Waals surface area contributed by atoms with Crippen molar-refractivity contribution in [3.63, 3.8) is 0 Å². The second kappa shape index (κ2) is 11.2.